The lowest BCUT2D eigenvalue weighted by molar-refractivity contribution is -0.139. The van der Waals surface area contributed by atoms with E-state index >= 15 is 0 Å². The van der Waals surface area contributed by atoms with E-state index in [9.17, 15) is 9.59 Å². The Bertz CT molecular complexity index is 1020. The summed E-state index contributed by atoms with van der Waals surface area (Å²) in [5.74, 6) is 0.485. The van der Waals surface area contributed by atoms with Crippen molar-refractivity contribution in [2.75, 3.05) is 57.7 Å². The molecule has 0 unspecified atom stereocenters. The van der Waals surface area contributed by atoms with Gasteiger partial charge in [-0.05, 0) is 17.5 Å². The number of nitrogen functional groups attached to an aromatic ring is 1. The van der Waals surface area contributed by atoms with Gasteiger partial charge in [-0.1, -0.05) is 37.6 Å². The number of anilines is 2. The number of fused-ring (bicyclic) bond motifs is 1. The number of unbranched alkanes of at least 4 members (excludes halogenated alkanes) is 1. The summed E-state index contributed by atoms with van der Waals surface area (Å²) in [5, 5.41) is 0. The fraction of sp³-hybridized carbons (Fsp3) is 0.520. The summed E-state index contributed by atoms with van der Waals surface area (Å²) in [6, 6.07) is 8.06. The molecule has 2 aromatic rings. The van der Waals surface area contributed by atoms with Crippen LogP contribution in [0.4, 0.5) is 11.6 Å². The third-order valence-corrected chi connectivity index (χ3v) is 5.84. The highest BCUT2D eigenvalue weighted by Crippen LogP contribution is 2.32. The van der Waals surface area contributed by atoms with Crippen molar-refractivity contribution in [3.05, 3.63) is 41.0 Å². The molecule has 1 aromatic carbocycles. The average Bonchev–Trinajstić information content (AvgIpc) is 3.16. The molecule has 0 saturated heterocycles. The Balaban J connectivity index is 1.70. The van der Waals surface area contributed by atoms with Crippen LogP contribution in [0, 0.1) is 0 Å². The van der Waals surface area contributed by atoms with Crippen molar-refractivity contribution < 1.29 is 23.8 Å². The Morgan fingerprint density at radius 3 is 2.71 bits per heavy atom. The van der Waals surface area contributed by atoms with Crippen molar-refractivity contribution in [1.29, 1.82) is 0 Å². The van der Waals surface area contributed by atoms with Crippen molar-refractivity contribution in [2.45, 2.75) is 39.2 Å². The number of hydrogen-bond donors (Lipinski definition) is 1. The van der Waals surface area contributed by atoms with E-state index in [1.807, 2.05) is 24.3 Å². The molecule has 1 amide bonds. The van der Waals surface area contributed by atoms with E-state index in [1.54, 1.807) is 12.0 Å². The fourth-order valence-electron chi connectivity index (χ4n) is 3.90. The van der Waals surface area contributed by atoms with Gasteiger partial charge in [0.1, 0.15) is 11.6 Å². The van der Waals surface area contributed by atoms with Gasteiger partial charge in [0.25, 0.3) is 0 Å². The molecule has 10 heteroatoms. The predicted octanol–water partition coefficient (Wildman–Crippen LogP) is 1.99. The molecule has 0 fully saturated rings. The summed E-state index contributed by atoms with van der Waals surface area (Å²) >= 11 is 0. The van der Waals surface area contributed by atoms with E-state index in [1.165, 1.54) is 7.11 Å². The van der Waals surface area contributed by atoms with E-state index < -0.39 is 0 Å². The summed E-state index contributed by atoms with van der Waals surface area (Å²) in [4.78, 5) is 37.0. The molecule has 1 aromatic heterocycles. The summed E-state index contributed by atoms with van der Waals surface area (Å²) in [6.45, 7) is 5.51. The van der Waals surface area contributed by atoms with Gasteiger partial charge in [-0.3, -0.25) is 19.4 Å². The first kappa shape index (κ1) is 26.4. The molecule has 2 N–H and O–H groups in total. The second-order valence-electron chi connectivity index (χ2n) is 8.46. The van der Waals surface area contributed by atoms with Crippen molar-refractivity contribution in [1.82, 2.24) is 14.9 Å². The van der Waals surface area contributed by atoms with Gasteiger partial charge in [0, 0.05) is 38.9 Å². The van der Waals surface area contributed by atoms with E-state index in [0.29, 0.717) is 50.8 Å². The van der Waals surface area contributed by atoms with Gasteiger partial charge in [0.05, 0.1) is 33.2 Å². The Kier molecular flexibility index (Phi) is 9.80. The zero-order chi connectivity index (χ0) is 25.2. The highest BCUT2D eigenvalue weighted by atomic mass is 16.5. The number of nitrogens with two attached hydrogens (primary N) is 1. The maximum atomic E-state index is 12.8. The number of rotatable bonds is 14. The third kappa shape index (κ3) is 7.37. The Morgan fingerprint density at radius 1 is 1.17 bits per heavy atom. The monoisotopic (exact) mass is 485 g/mol. The van der Waals surface area contributed by atoms with Crippen LogP contribution in [0.5, 0.6) is 6.01 Å². The van der Waals surface area contributed by atoms with Gasteiger partial charge in [0.15, 0.2) is 0 Å². The lowest BCUT2D eigenvalue weighted by atomic mass is 10.1. The van der Waals surface area contributed by atoms with Crippen molar-refractivity contribution in [2.24, 2.45) is 0 Å². The van der Waals surface area contributed by atoms with E-state index in [-0.39, 0.29) is 36.5 Å². The first-order chi connectivity index (χ1) is 16.9. The minimum absolute atomic E-state index is 0.0570. The number of benzene rings is 1. The predicted molar refractivity (Wildman–Crippen MR) is 132 cm³/mol. The smallest absolute Gasteiger partial charge is 0.320 e. The second-order valence-corrected chi connectivity index (χ2v) is 8.46. The van der Waals surface area contributed by atoms with Gasteiger partial charge < -0.3 is 19.9 Å². The molecule has 0 spiro atoms. The molecular formula is C25H35N5O5. The van der Waals surface area contributed by atoms with Crippen molar-refractivity contribution in [3.63, 3.8) is 0 Å². The number of nitrogens with zero attached hydrogens (tertiary/aromatic N) is 4. The number of amides is 1. The Morgan fingerprint density at radius 2 is 1.97 bits per heavy atom. The van der Waals surface area contributed by atoms with Crippen LogP contribution in [-0.2, 0) is 38.4 Å². The molecule has 35 heavy (non-hydrogen) atoms. The van der Waals surface area contributed by atoms with Gasteiger partial charge in [-0.15, -0.1) is 0 Å². The molecule has 2 heterocycles. The number of carbonyl (C=O) groups is 2. The number of esters is 1. The lowest BCUT2D eigenvalue weighted by Gasteiger charge is -2.25. The van der Waals surface area contributed by atoms with Crippen LogP contribution < -0.4 is 15.4 Å². The Labute approximate surface area is 206 Å². The van der Waals surface area contributed by atoms with Crippen molar-refractivity contribution >= 4 is 23.5 Å². The zero-order valence-corrected chi connectivity index (χ0v) is 20.8. The fourth-order valence-corrected chi connectivity index (χ4v) is 3.90. The third-order valence-electron chi connectivity index (χ3n) is 5.84. The molecule has 0 bridgehead atoms. The van der Waals surface area contributed by atoms with Gasteiger partial charge >= 0.3 is 12.0 Å². The van der Waals surface area contributed by atoms with Gasteiger partial charge in [-0.25, -0.2) is 0 Å². The molecule has 1 aliphatic heterocycles. The van der Waals surface area contributed by atoms with Gasteiger partial charge in [0.2, 0.25) is 5.91 Å². The quantitative estimate of drug-likeness (QED) is 0.316. The second kappa shape index (κ2) is 13.0. The summed E-state index contributed by atoms with van der Waals surface area (Å²) in [7, 11) is 3.05. The standard InChI is InChI=1S/C25H35N5O5/c1-4-5-12-35-25-27-23(26)20-16-21(31)30(24(20)28-25)10-9-29(11-13-33-2)17-19-8-6-7-18(14-19)15-22(32)34-3/h6-8,14H,4-5,9-13,15-17H2,1-3H3,(H2,26,27,28). The van der Waals surface area contributed by atoms with Crippen LogP contribution in [0.2, 0.25) is 0 Å². The van der Waals surface area contributed by atoms with E-state index in [2.05, 4.69) is 21.8 Å². The van der Waals surface area contributed by atoms with Crippen LogP contribution in [0.1, 0.15) is 36.5 Å². The first-order valence-corrected chi connectivity index (χ1v) is 11.9. The average molecular weight is 486 g/mol. The molecule has 1 aliphatic rings. The lowest BCUT2D eigenvalue weighted by Crippen LogP contribution is -2.38. The van der Waals surface area contributed by atoms with Crippen LogP contribution in [0.25, 0.3) is 0 Å². The highest BCUT2D eigenvalue weighted by Gasteiger charge is 2.32. The van der Waals surface area contributed by atoms with E-state index in [4.69, 9.17) is 19.9 Å². The molecule has 0 radical (unpaired) electrons. The number of methoxy groups -OCH3 is 2. The molecule has 0 aliphatic carbocycles. The first-order valence-electron chi connectivity index (χ1n) is 11.9. The van der Waals surface area contributed by atoms with Crippen LogP contribution in [0.3, 0.4) is 0 Å². The minimum atomic E-state index is -0.274. The molecule has 10 nitrogen and oxygen atoms in total. The molecule has 190 valence electrons. The number of carbonyl (C=O) groups excluding carboxylic acids is 2. The molecule has 0 atom stereocenters. The zero-order valence-electron chi connectivity index (χ0n) is 20.8. The Hall–Kier alpha value is -3.24. The maximum Gasteiger partial charge on any atom is 0.320 e. The van der Waals surface area contributed by atoms with Crippen molar-refractivity contribution in [3.8, 4) is 6.01 Å². The maximum absolute atomic E-state index is 12.8. The largest absolute Gasteiger partial charge is 0.469 e. The number of ether oxygens (including phenoxy) is 3. The van der Waals surface area contributed by atoms with Gasteiger partial charge in [-0.2, -0.15) is 9.97 Å². The number of hydrogen-bond acceptors (Lipinski definition) is 9. The molecule has 0 saturated carbocycles. The topological polar surface area (TPSA) is 120 Å². The molecule has 3 rings (SSSR count). The van der Waals surface area contributed by atoms with Crippen LogP contribution in [0.15, 0.2) is 24.3 Å². The normalized spacial score (nSPS) is 12.8. The van der Waals surface area contributed by atoms with E-state index in [0.717, 1.165) is 24.0 Å². The SMILES string of the molecule is CCCCOc1nc(N)c2c(n1)N(CCN(CCOC)Cc1cccc(CC(=O)OC)c1)C(=O)C2. The number of aromatic nitrogens is 2. The summed E-state index contributed by atoms with van der Waals surface area (Å²) < 4.78 is 15.7. The summed E-state index contributed by atoms with van der Waals surface area (Å²) in [5.41, 5.74) is 8.72. The minimum Gasteiger partial charge on any atom is -0.469 e. The molecular weight excluding hydrogens is 450 g/mol. The van der Waals surface area contributed by atoms with Crippen LogP contribution in [-0.4, -0.2) is 73.8 Å². The van der Waals surface area contributed by atoms with Crippen LogP contribution >= 0.6 is 0 Å². The highest BCUT2D eigenvalue weighted by molar-refractivity contribution is 6.01. The summed E-state index contributed by atoms with van der Waals surface area (Å²) in [6.07, 6.45) is 2.29.